The zero-order valence-corrected chi connectivity index (χ0v) is 11.1. The smallest absolute Gasteiger partial charge is 0.146 e. The Balaban J connectivity index is 2.24. The van der Waals surface area contributed by atoms with Crippen LogP contribution in [0.4, 0.5) is 0 Å². The molecule has 0 unspecified atom stereocenters. The highest BCUT2D eigenvalue weighted by Crippen LogP contribution is 2.19. The standard InChI is InChI=1S/C12H10BrClN2/c1-8-3-2-4-9(5-8)6-11-15-7-10(13)12(14)16-11/h2-5,7H,6H2,1H3. The number of hydrogen-bond donors (Lipinski definition) is 0. The van der Waals surface area contributed by atoms with E-state index in [4.69, 9.17) is 11.6 Å². The molecule has 0 radical (unpaired) electrons. The van der Waals surface area contributed by atoms with Crippen molar-refractivity contribution in [3.8, 4) is 0 Å². The maximum Gasteiger partial charge on any atom is 0.146 e. The molecule has 2 rings (SSSR count). The molecule has 1 aromatic carbocycles. The number of aryl methyl sites for hydroxylation is 1. The molecule has 0 saturated carbocycles. The van der Waals surface area contributed by atoms with Gasteiger partial charge in [0.2, 0.25) is 0 Å². The normalized spacial score (nSPS) is 10.4. The van der Waals surface area contributed by atoms with Crippen molar-refractivity contribution < 1.29 is 0 Å². The molecule has 0 atom stereocenters. The predicted octanol–water partition coefficient (Wildman–Crippen LogP) is 3.79. The molecular weight excluding hydrogens is 288 g/mol. The fourth-order valence-corrected chi connectivity index (χ4v) is 1.81. The van der Waals surface area contributed by atoms with Gasteiger partial charge in [-0.05, 0) is 28.4 Å². The lowest BCUT2D eigenvalue weighted by atomic mass is 10.1. The van der Waals surface area contributed by atoms with E-state index in [2.05, 4.69) is 51.0 Å². The largest absolute Gasteiger partial charge is 0.240 e. The van der Waals surface area contributed by atoms with Crippen molar-refractivity contribution in [2.45, 2.75) is 13.3 Å². The molecule has 82 valence electrons. The van der Waals surface area contributed by atoms with Crippen molar-refractivity contribution in [2.75, 3.05) is 0 Å². The van der Waals surface area contributed by atoms with E-state index < -0.39 is 0 Å². The summed E-state index contributed by atoms with van der Waals surface area (Å²) < 4.78 is 0.724. The number of nitrogens with zero attached hydrogens (tertiary/aromatic N) is 2. The summed E-state index contributed by atoms with van der Waals surface area (Å²) in [5.41, 5.74) is 2.43. The summed E-state index contributed by atoms with van der Waals surface area (Å²) >= 11 is 9.18. The molecule has 2 aromatic rings. The van der Waals surface area contributed by atoms with Crippen LogP contribution in [0, 0.1) is 6.92 Å². The Labute approximate surface area is 108 Å². The van der Waals surface area contributed by atoms with Crippen LogP contribution in [-0.4, -0.2) is 9.97 Å². The Hall–Kier alpha value is -0.930. The van der Waals surface area contributed by atoms with E-state index in [1.165, 1.54) is 11.1 Å². The van der Waals surface area contributed by atoms with Crippen molar-refractivity contribution in [1.29, 1.82) is 0 Å². The minimum absolute atomic E-state index is 0.456. The molecule has 0 amide bonds. The van der Waals surface area contributed by atoms with E-state index in [-0.39, 0.29) is 0 Å². The van der Waals surface area contributed by atoms with Gasteiger partial charge < -0.3 is 0 Å². The van der Waals surface area contributed by atoms with Crippen molar-refractivity contribution in [2.24, 2.45) is 0 Å². The van der Waals surface area contributed by atoms with E-state index in [1.54, 1.807) is 6.20 Å². The molecule has 0 bridgehead atoms. The molecular formula is C12H10BrClN2. The Bertz CT molecular complexity index is 514. The molecule has 1 heterocycles. The van der Waals surface area contributed by atoms with Gasteiger partial charge in [0.05, 0.1) is 4.47 Å². The lowest BCUT2D eigenvalue weighted by molar-refractivity contribution is 0.961. The summed E-state index contributed by atoms with van der Waals surface area (Å²) in [6.45, 7) is 2.07. The number of aromatic nitrogens is 2. The summed E-state index contributed by atoms with van der Waals surface area (Å²) in [5, 5.41) is 0.456. The second-order valence-corrected chi connectivity index (χ2v) is 4.80. The van der Waals surface area contributed by atoms with E-state index >= 15 is 0 Å². The van der Waals surface area contributed by atoms with E-state index in [0.29, 0.717) is 11.6 Å². The fraction of sp³-hybridized carbons (Fsp3) is 0.167. The first-order valence-electron chi connectivity index (χ1n) is 4.87. The fourth-order valence-electron chi connectivity index (χ4n) is 1.47. The SMILES string of the molecule is Cc1cccc(Cc2ncc(Br)c(Cl)n2)c1. The molecule has 16 heavy (non-hydrogen) atoms. The van der Waals surface area contributed by atoms with Crippen molar-refractivity contribution in [3.63, 3.8) is 0 Å². The van der Waals surface area contributed by atoms with Crippen LogP contribution in [0.5, 0.6) is 0 Å². The highest BCUT2D eigenvalue weighted by Gasteiger charge is 2.03. The van der Waals surface area contributed by atoms with E-state index in [0.717, 1.165) is 10.3 Å². The maximum atomic E-state index is 5.91. The van der Waals surface area contributed by atoms with Crippen LogP contribution in [0.25, 0.3) is 0 Å². The van der Waals surface area contributed by atoms with Gasteiger partial charge in [0.15, 0.2) is 0 Å². The van der Waals surface area contributed by atoms with Gasteiger partial charge in [-0.15, -0.1) is 0 Å². The highest BCUT2D eigenvalue weighted by atomic mass is 79.9. The van der Waals surface area contributed by atoms with Gasteiger partial charge in [0.25, 0.3) is 0 Å². The molecule has 0 aliphatic carbocycles. The van der Waals surface area contributed by atoms with Crippen molar-refractivity contribution in [3.05, 3.63) is 57.0 Å². The molecule has 0 aliphatic heterocycles. The third kappa shape index (κ3) is 2.80. The van der Waals surface area contributed by atoms with Crippen LogP contribution < -0.4 is 0 Å². The van der Waals surface area contributed by atoms with Crippen LogP contribution in [0.15, 0.2) is 34.9 Å². The van der Waals surface area contributed by atoms with Crippen LogP contribution in [0.2, 0.25) is 5.15 Å². The van der Waals surface area contributed by atoms with Gasteiger partial charge in [-0.25, -0.2) is 9.97 Å². The van der Waals surface area contributed by atoms with Crippen LogP contribution in [-0.2, 0) is 6.42 Å². The molecule has 0 saturated heterocycles. The highest BCUT2D eigenvalue weighted by molar-refractivity contribution is 9.10. The van der Waals surface area contributed by atoms with Crippen LogP contribution in [0.3, 0.4) is 0 Å². The van der Waals surface area contributed by atoms with Crippen LogP contribution in [0.1, 0.15) is 17.0 Å². The zero-order chi connectivity index (χ0) is 11.5. The summed E-state index contributed by atoms with van der Waals surface area (Å²) in [6, 6.07) is 8.29. The van der Waals surface area contributed by atoms with E-state index in [1.807, 2.05) is 6.07 Å². The number of hydrogen-bond acceptors (Lipinski definition) is 2. The quantitative estimate of drug-likeness (QED) is 0.788. The minimum Gasteiger partial charge on any atom is -0.240 e. The summed E-state index contributed by atoms with van der Waals surface area (Å²) in [6.07, 6.45) is 2.38. The number of halogens is 2. The maximum absolute atomic E-state index is 5.91. The Kier molecular flexibility index (Phi) is 3.56. The zero-order valence-electron chi connectivity index (χ0n) is 8.74. The lowest BCUT2D eigenvalue weighted by Crippen LogP contribution is -1.97. The van der Waals surface area contributed by atoms with Crippen LogP contribution >= 0.6 is 27.5 Å². The molecule has 0 fully saturated rings. The Morgan fingerprint density at radius 2 is 2.19 bits per heavy atom. The van der Waals surface area contributed by atoms with Gasteiger partial charge >= 0.3 is 0 Å². The third-order valence-electron chi connectivity index (χ3n) is 2.20. The molecule has 0 aliphatic rings. The number of benzene rings is 1. The minimum atomic E-state index is 0.456. The second kappa shape index (κ2) is 4.93. The summed E-state index contributed by atoms with van der Waals surface area (Å²) in [4.78, 5) is 8.43. The summed E-state index contributed by atoms with van der Waals surface area (Å²) in [7, 11) is 0. The predicted molar refractivity (Wildman–Crippen MR) is 68.7 cm³/mol. The molecule has 0 N–H and O–H groups in total. The molecule has 4 heteroatoms. The van der Waals surface area contributed by atoms with Crippen molar-refractivity contribution >= 4 is 27.5 Å². The monoisotopic (exact) mass is 296 g/mol. The van der Waals surface area contributed by atoms with Gasteiger partial charge in [0.1, 0.15) is 11.0 Å². The van der Waals surface area contributed by atoms with Gasteiger partial charge in [-0.1, -0.05) is 41.4 Å². The first-order chi connectivity index (χ1) is 7.65. The average molecular weight is 298 g/mol. The van der Waals surface area contributed by atoms with E-state index in [9.17, 15) is 0 Å². The first-order valence-corrected chi connectivity index (χ1v) is 6.05. The molecule has 2 nitrogen and oxygen atoms in total. The lowest BCUT2D eigenvalue weighted by Gasteiger charge is -2.02. The molecule has 0 spiro atoms. The van der Waals surface area contributed by atoms with Gasteiger partial charge in [-0.2, -0.15) is 0 Å². The van der Waals surface area contributed by atoms with Crippen molar-refractivity contribution in [1.82, 2.24) is 9.97 Å². The third-order valence-corrected chi connectivity index (χ3v) is 3.29. The average Bonchev–Trinajstić information content (AvgIpc) is 2.24. The first kappa shape index (κ1) is 11.6. The Morgan fingerprint density at radius 3 is 2.88 bits per heavy atom. The Morgan fingerprint density at radius 1 is 1.38 bits per heavy atom. The topological polar surface area (TPSA) is 25.8 Å². The number of rotatable bonds is 2. The van der Waals surface area contributed by atoms with Gasteiger partial charge in [-0.3, -0.25) is 0 Å². The molecule has 1 aromatic heterocycles. The second-order valence-electron chi connectivity index (χ2n) is 3.59. The summed E-state index contributed by atoms with van der Waals surface area (Å²) in [5.74, 6) is 0.735. The van der Waals surface area contributed by atoms with Gasteiger partial charge in [0, 0.05) is 12.6 Å².